The van der Waals surface area contributed by atoms with Gasteiger partial charge in [0.15, 0.2) is 0 Å². The van der Waals surface area contributed by atoms with Crippen molar-refractivity contribution in [2.45, 2.75) is 52.0 Å². The van der Waals surface area contributed by atoms with Crippen LogP contribution in [0.3, 0.4) is 0 Å². The largest absolute Gasteiger partial charge is 0.412 e. The van der Waals surface area contributed by atoms with E-state index in [0.29, 0.717) is 18.3 Å². The standard InChI is InChI=1S/C24H30N2O2/c1-3-5-13-25-24(27)28-21-11-7-9-18-16-20-22-17(12-15-26(20)14-4-2)8-6-10-19(22)23(18)21/h6-11,20H,3-5,12-16H2,1-2H3,(H,25,27)/t20-/m1/s1. The molecule has 0 unspecified atom stereocenters. The highest BCUT2D eigenvalue weighted by molar-refractivity contribution is 5.83. The zero-order valence-electron chi connectivity index (χ0n) is 17.0. The van der Waals surface area contributed by atoms with Crippen molar-refractivity contribution >= 4 is 6.09 Å². The Morgan fingerprint density at radius 2 is 1.96 bits per heavy atom. The first-order valence-corrected chi connectivity index (χ1v) is 10.7. The van der Waals surface area contributed by atoms with Gasteiger partial charge in [0.05, 0.1) is 0 Å². The van der Waals surface area contributed by atoms with Crippen LogP contribution in [0.4, 0.5) is 4.79 Å². The van der Waals surface area contributed by atoms with E-state index in [9.17, 15) is 4.79 Å². The maximum atomic E-state index is 12.3. The van der Waals surface area contributed by atoms with Crippen molar-refractivity contribution in [1.82, 2.24) is 10.2 Å². The molecule has 0 fully saturated rings. The van der Waals surface area contributed by atoms with Gasteiger partial charge >= 0.3 is 6.09 Å². The molecule has 1 aliphatic carbocycles. The Kier molecular flexibility index (Phi) is 5.67. The van der Waals surface area contributed by atoms with Gasteiger partial charge in [0.25, 0.3) is 0 Å². The lowest BCUT2D eigenvalue weighted by molar-refractivity contribution is 0.182. The van der Waals surface area contributed by atoms with Gasteiger partial charge in [-0.05, 0) is 60.5 Å². The van der Waals surface area contributed by atoms with E-state index in [-0.39, 0.29) is 6.09 Å². The van der Waals surface area contributed by atoms with E-state index < -0.39 is 0 Å². The fourth-order valence-electron chi connectivity index (χ4n) is 4.68. The molecule has 1 amide bonds. The monoisotopic (exact) mass is 378 g/mol. The minimum Gasteiger partial charge on any atom is -0.410 e. The normalized spacial score (nSPS) is 17.6. The molecule has 2 aromatic carbocycles. The van der Waals surface area contributed by atoms with Crippen LogP contribution in [0.25, 0.3) is 11.1 Å². The molecule has 4 heteroatoms. The minimum absolute atomic E-state index is 0.360. The van der Waals surface area contributed by atoms with Crippen LogP contribution < -0.4 is 10.1 Å². The predicted octanol–water partition coefficient (Wildman–Crippen LogP) is 5.11. The van der Waals surface area contributed by atoms with Crippen molar-refractivity contribution in [1.29, 1.82) is 0 Å². The summed E-state index contributed by atoms with van der Waals surface area (Å²) in [6, 6.07) is 13.2. The van der Waals surface area contributed by atoms with Gasteiger partial charge in [-0.25, -0.2) is 4.79 Å². The van der Waals surface area contributed by atoms with E-state index in [1.165, 1.54) is 28.7 Å². The fraction of sp³-hybridized carbons (Fsp3) is 0.458. The van der Waals surface area contributed by atoms with Gasteiger partial charge in [-0.3, -0.25) is 4.90 Å². The van der Waals surface area contributed by atoms with Crippen molar-refractivity contribution in [2.75, 3.05) is 19.6 Å². The number of benzene rings is 2. The first kappa shape index (κ1) is 19.0. The third kappa shape index (κ3) is 3.53. The number of nitrogens with zero attached hydrogens (tertiary/aromatic N) is 1. The van der Waals surface area contributed by atoms with Crippen LogP contribution in [-0.2, 0) is 12.8 Å². The summed E-state index contributed by atoms with van der Waals surface area (Å²) < 4.78 is 5.75. The molecule has 4 rings (SSSR count). The molecule has 0 saturated heterocycles. The number of rotatable bonds is 6. The van der Waals surface area contributed by atoms with Gasteiger partial charge < -0.3 is 10.1 Å². The Morgan fingerprint density at radius 1 is 1.14 bits per heavy atom. The predicted molar refractivity (Wildman–Crippen MR) is 113 cm³/mol. The van der Waals surface area contributed by atoms with Crippen LogP contribution >= 0.6 is 0 Å². The first-order chi connectivity index (χ1) is 13.7. The molecule has 0 radical (unpaired) electrons. The Labute approximate surface area is 167 Å². The van der Waals surface area contributed by atoms with Gasteiger partial charge in [-0.1, -0.05) is 50.6 Å². The maximum absolute atomic E-state index is 12.3. The zero-order valence-corrected chi connectivity index (χ0v) is 17.0. The van der Waals surface area contributed by atoms with Crippen molar-refractivity contribution in [2.24, 2.45) is 0 Å². The molecule has 0 saturated carbocycles. The topological polar surface area (TPSA) is 41.6 Å². The summed E-state index contributed by atoms with van der Waals surface area (Å²) in [5.74, 6) is 0.672. The highest BCUT2D eigenvalue weighted by Crippen LogP contribution is 2.48. The summed E-state index contributed by atoms with van der Waals surface area (Å²) in [4.78, 5) is 14.9. The highest BCUT2D eigenvalue weighted by Gasteiger charge is 2.35. The van der Waals surface area contributed by atoms with Crippen molar-refractivity contribution < 1.29 is 9.53 Å². The quantitative estimate of drug-likeness (QED) is 0.711. The number of unbranched alkanes of at least 4 members (excludes halogenated alkanes) is 1. The van der Waals surface area contributed by atoms with Gasteiger partial charge in [-0.15, -0.1) is 0 Å². The number of hydrogen-bond donors (Lipinski definition) is 1. The molecule has 1 atom stereocenters. The molecule has 1 heterocycles. The number of hydrogen-bond acceptors (Lipinski definition) is 3. The van der Waals surface area contributed by atoms with Crippen molar-refractivity contribution in [3.05, 3.63) is 53.1 Å². The molecule has 1 aliphatic heterocycles. The summed E-state index contributed by atoms with van der Waals surface area (Å²) in [6.07, 6.45) is 4.89. The number of carbonyl (C=O) groups excluding carboxylic acids is 1. The van der Waals surface area contributed by atoms with Crippen LogP contribution in [-0.4, -0.2) is 30.6 Å². The first-order valence-electron chi connectivity index (χ1n) is 10.7. The minimum atomic E-state index is -0.360. The molecule has 1 N–H and O–H groups in total. The van der Waals surface area contributed by atoms with Crippen LogP contribution in [0.5, 0.6) is 5.75 Å². The van der Waals surface area contributed by atoms with Crippen LogP contribution in [0.1, 0.15) is 55.8 Å². The third-order valence-electron chi connectivity index (χ3n) is 5.95. The molecular weight excluding hydrogens is 348 g/mol. The molecule has 2 aromatic rings. The van der Waals surface area contributed by atoms with Gasteiger partial charge in [0.2, 0.25) is 0 Å². The Bertz CT molecular complexity index is 862. The zero-order chi connectivity index (χ0) is 19.5. The summed E-state index contributed by atoms with van der Waals surface area (Å²) >= 11 is 0. The molecule has 148 valence electrons. The second-order valence-corrected chi connectivity index (χ2v) is 7.84. The third-order valence-corrected chi connectivity index (χ3v) is 5.95. The second kappa shape index (κ2) is 8.36. The van der Waals surface area contributed by atoms with E-state index in [1.54, 1.807) is 0 Å². The van der Waals surface area contributed by atoms with Crippen LogP contribution in [0.2, 0.25) is 0 Å². The van der Waals surface area contributed by atoms with E-state index in [0.717, 1.165) is 44.3 Å². The lowest BCUT2D eigenvalue weighted by Gasteiger charge is -2.41. The smallest absolute Gasteiger partial charge is 0.410 e. The maximum Gasteiger partial charge on any atom is 0.412 e. The lowest BCUT2D eigenvalue weighted by atomic mass is 9.77. The lowest BCUT2D eigenvalue weighted by Crippen LogP contribution is -2.39. The molecule has 0 aromatic heterocycles. The van der Waals surface area contributed by atoms with Crippen LogP contribution in [0, 0.1) is 0 Å². The molecule has 2 aliphatic rings. The second-order valence-electron chi connectivity index (χ2n) is 7.84. The summed E-state index contributed by atoms with van der Waals surface area (Å²) in [5, 5.41) is 2.86. The Balaban J connectivity index is 1.70. The van der Waals surface area contributed by atoms with E-state index >= 15 is 0 Å². The van der Waals surface area contributed by atoms with Gasteiger partial charge in [0, 0.05) is 24.7 Å². The molecule has 0 spiro atoms. The number of fused-ring (bicyclic) bond motifs is 2. The number of nitrogens with one attached hydrogen (secondary N) is 1. The van der Waals surface area contributed by atoms with Crippen LogP contribution in [0.15, 0.2) is 36.4 Å². The van der Waals surface area contributed by atoms with E-state index in [2.05, 4.69) is 48.3 Å². The molecular formula is C24H30N2O2. The summed E-state index contributed by atoms with van der Waals surface area (Å²) in [5.41, 5.74) is 6.50. The number of carbonyl (C=O) groups is 1. The average molecular weight is 379 g/mol. The highest BCUT2D eigenvalue weighted by atomic mass is 16.6. The Morgan fingerprint density at radius 3 is 2.79 bits per heavy atom. The van der Waals surface area contributed by atoms with Crippen molar-refractivity contribution in [3.8, 4) is 16.9 Å². The van der Waals surface area contributed by atoms with Gasteiger partial charge in [-0.2, -0.15) is 0 Å². The van der Waals surface area contributed by atoms with Crippen molar-refractivity contribution in [3.63, 3.8) is 0 Å². The SMILES string of the molecule is CCCCNC(=O)Oc1cccc2c1-c1cccc3c1[C@@H](C2)N(CCC)CC3. The van der Waals surface area contributed by atoms with Gasteiger partial charge in [0.1, 0.15) is 5.75 Å². The summed E-state index contributed by atoms with van der Waals surface area (Å²) in [6.45, 7) is 7.27. The number of ether oxygens (including phenoxy) is 1. The van der Waals surface area contributed by atoms with E-state index in [4.69, 9.17) is 4.74 Å². The molecule has 0 bridgehead atoms. The molecule has 28 heavy (non-hydrogen) atoms. The van der Waals surface area contributed by atoms with E-state index in [1.807, 2.05) is 12.1 Å². The molecule has 4 nitrogen and oxygen atoms in total. The number of amides is 1. The Hall–Kier alpha value is -2.33. The average Bonchev–Trinajstić information content (AvgIpc) is 2.70. The summed E-state index contributed by atoms with van der Waals surface area (Å²) in [7, 11) is 0. The fourth-order valence-corrected chi connectivity index (χ4v) is 4.68.